The van der Waals surface area contributed by atoms with Gasteiger partial charge in [0, 0.05) is 24.2 Å². The number of furan rings is 1. The molecule has 23 heavy (non-hydrogen) atoms. The van der Waals surface area contributed by atoms with E-state index in [-0.39, 0.29) is 6.03 Å². The maximum atomic E-state index is 12.3. The number of benzene rings is 2. The average Bonchev–Trinajstić information content (AvgIpc) is 2.88. The van der Waals surface area contributed by atoms with Crippen LogP contribution >= 0.6 is 0 Å². The number of hydrogen-bond donors (Lipinski definition) is 1. The van der Waals surface area contributed by atoms with E-state index in [2.05, 4.69) is 24.4 Å². The van der Waals surface area contributed by atoms with Crippen molar-refractivity contribution in [3.8, 4) is 0 Å². The van der Waals surface area contributed by atoms with Crippen LogP contribution < -0.4 is 5.32 Å². The molecule has 0 spiro atoms. The van der Waals surface area contributed by atoms with Crippen LogP contribution in [0.2, 0.25) is 0 Å². The number of anilines is 1. The summed E-state index contributed by atoms with van der Waals surface area (Å²) in [7, 11) is 0. The molecule has 0 atom stereocenters. The average molecular weight is 306 g/mol. The fourth-order valence-electron chi connectivity index (χ4n) is 3.12. The molecule has 4 nitrogen and oxygen atoms in total. The molecule has 3 aromatic rings. The Morgan fingerprint density at radius 1 is 1.13 bits per heavy atom. The first-order valence-electron chi connectivity index (χ1n) is 7.73. The Hall–Kier alpha value is -2.75. The highest BCUT2D eigenvalue weighted by Gasteiger charge is 2.22. The quantitative estimate of drug-likeness (QED) is 0.752. The van der Waals surface area contributed by atoms with Crippen LogP contribution in [-0.4, -0.2) is 10.9 Å². The number of hydrogen-bond acceptors (Lipinski definition) is 2. The molecular weight excluding hydrogens is 288 g/mol. The van der Waals surface area contributed by atoms with Crippen molar-refractivity contribution >= 4 is 22.7 Å². The van der Waals surface area contributed by atoms with E-state index < -0.39 is 0 Å². The molecule has 2 aromatic carbocycles. The smallest absolute Gasteiger partial charge is 0.322 e. The molecular formula is C19H18N2O2. The Morgan fingerprint density at radius 3 is 2.87 bits per heavy atom. The van der Waals surface area contributed by atoms with Gasteiger partial charge in [-0.05, 0) is 49.2 Å². The monoisotopic (exact) mass is 306 g/mol. The summed E-state index contributed by atoms with van der Waals surface area (Å²) >= 11 is 0. The standard InChI is InChI=1S/C19H18N2O2/c1-12-3-5-17-16(7-12)11-21(19(22)20-17)10-14-4-6-18-15(9-14)8-13(2)23-18/h3-9H,10-11H2,1-2H3,(H,20,22). The second-order valence-corrected chi connectivity index (χ2v) is 6.18. The Bertz CT molecular complexity index is 911. The van der Waals surface area contributed by atoms with Crippen molar-refractivity contribution in [1.82, 2.24) is 4.90 Å². The third-order valence-corrected chi connectivity index (χ3v) is 4.23. The predicted molar refractivity (Wildman–Crippen MR) is 90.4 cm³/mol. The first-order valence-corrected chi connectivity index (χ1v) is 7.73. The lowest BCUT2D eigenvalue weighted by atomic mass is 10.1. The third kappa shape index (κ3) is 2.57. The predicted octanol–water partition coefficient (Wildman–Crippen LogP) is 4.60. The van der Waals surface area contributed by atoms with Gasteiger partial charge in [-0.15, -0.1) is 0 Å². The highest BCUT2D eigenvalue weighted by atomic mass is 16.3. The first kappa shape index (κ1) is 13.9. The number of fused-ring (bicyclic) bond motifs is 2. The van der Waals surface area contributed by atoms with Crippen LogP contribution in [0.4, 0.5) is 10.5 Å². The largest absolute Gasteiger partial charge is 0.461 e. The number of amides is 2. The molecule has 1 aliphatic rings. The van der Waals surface area contributed by atoms with E-state index in [4.69, 9.17) is 4.42 Å². The van der Waals surface area contributed by atoms with Crippen molar-refractivity contribution in [3.63, 3.8) is 0 Å². The van der Waals surface area contributed by atoms with Crippen molar-refractivity contribution in [1.29, 1.82) is 0 Å². The van der Waals surface area contributed by atoms with Crippen molar-refractivity contribution in [2.24, 2.45) is 0 Å². The number of urea groups is 1. The van der Waals surface area contributed by atoms with Gasteiger partial charge in [0.15, 0.2) is 0 Å². The van der Waals surface area contributed by atoms with E-state index in [1.54, 1.807) is 0 Å². The van der Waals surface area contributed by atoms with Crippen molar-refractivity contribution < 1.29 is 9.21 Å². The van der Waals surface area contributed by atoms with E-state index in [0.29, 0.717) is 13.1 Å². The van der Waals surface area contributed by atoms with Crippen molar-refractivity contribution in [3.05, 3.63) is 64.9 Å². The number of aryl methyl sites for hydroxylation is 2. The number of carbonyl (C=O) groups is 1. The zero-order valence-corrected chi connectivity index (χ0v) is 13.2. The maximum Gasteiger partial charge on any atom is 0.322 e. The molecule has 0 aliphatic carbocycles. The Kier molecular flexibility index (Phi) is 3.11. The van der Waals surface area contributed by atoms with Crippen LogP contribution in [0, 0.1) is 13.8 Å². The second kappa shape index (κ2) is 5.16. The minimum Gasteiger partial charge on any atom is -0.461 e. The van der Waals surface area contributed by atoms with Gasteiger partial charge in [-0.2, -0.15) is 0 Å². The van der Waals surface area contributed by atoms with Crippen molar-refractivity contribution in [2.45, 2.75) is 26.9 Å². The summed E-state index contributed by atoms with van der Waals surface area (Å²) in [6.45, 7) is 5.22. The first-order chi connectivity index (χ1) is 11.1. The molecule has 0 saturated heterocycles. The molecule has 0 saturated carbocycles. The SMILES string of the molecule is Cc1ccc2c(c1)CN(Cc1ccc3oc(C)cc3c1)C(=O)N2. The van der Waals surface area contributed by atoms with Crippen LogP contribution in [0.15, 0.2) is 46.9 Å². The molecule has 2 heterocycles. The molecule has 4 rings (SSSR count). The molecule has 4 heteroatoms. The lowest BCUT2D eigenvalue weighted by molar-refractivity contribution is 0.204. The minimum atomic E-state index is -0.0511. The summed E-state index contributed by atoms with van der Waals surface area (Å²) < 4.78 is 5.60. The summed E-state index contributed by atoms with van der Waals surface area (Å²) in [6.07, 6.45) is 0. The minimum absolute atomic E-state index is 0.0511. The van der Waals surface area contributed by atoms with Gasteiger partial charge in [0.1, 0.15) is 11.3 Å². The Morgan fingerprint density at radius 2 is 2.00 bits per heavy atom. The van der Waals surface area contributed by atoms with Gasteiger partial charge in [0.05, 0.1) is 0 Å². The highest BCUT2D eigenvalue weighted by Crippen LogP contribution is 2.26. The van der Waals surface area contributed by atoms with E-state index in [0.717, 1.165) is 33.5 Å². The molecule has 116 valence electrons. The number of nitrogens with zero attached hydrogens (tertiary/aromatic N) is 1. The fraction of sp³-hybridized carbons (Fsp3) is 0.211. The summed E-state index contributed by atoms with van der Waals surface area (Å²) in [5.74, 6) is 0.900. The van der Waals surface area contributed by atoms with Gasteiger partial charge < -0.3 is 14.6 Å². The van der Waals surface area contributed by atoms with Gasteiger partial charge >= 0.3 is 6.03 Å². The number of nitrogens with one attached hydrogen (secondary N) is 1. The van der Waals surface area contributed by atoms with Crippen LogP contribution in [0.5, 0.6) is 0 Å². The highest BCUT2D eigenvalue weighted by molar-refractivity contribution is 5.92. The molecule has 0 bridgehead atoms. The van der Waals surface area contributed by atoms with Crippen LogP contribution in [-0.2, 0) is 13.1 Å². The van der Waals surface area contributed by atoms with E-state index in [9.17, 15) is 4.79 Å². The summed E-state index contributed by atoms with van der Waals surface area (Å²) in [5.41, 5.74) is 5.26. The summed E-state index contributed by atoms with van der Waals surface area (Å²) in [6, 6.07) is 14.2. The zero-order chi connectivity index (χ0) is 16.0. The van der Waals surface area contributed by atoms with Gasteiger partial charge in [0.25, 0.3) is 0 Å². The van der Waals surface area contributed by atoms with Gasteiger partial charge in [-0.25, -0.2) is 4.79 Å². The summed E-state index contributed by atoms with van der Waals surface area (Å²) in [5, 5.41) is 4.04. The van der Waals surface area contributed by atoms with E-state index in [1.807, 2.05) is 42.2 Å². The van der Waals surface area contributed by atoms with Gasteiger partial charge in [-0.3, -0.25) is 0 Å². The molecule has 1 aliphatic heterocycles. The fourth-order valence-corrected chi connectivity index (χ4v) is 3.12. The Labute approximate surface area is 134 Å². The van der Waals surface area contributed by atoms with Crippen LogP contribution in [0.25, 0.3) is 11.0 Å². The zero-order valence-electron chi connectivity index (χ0n) is 13.2. The molecule has 2 amide bonds. The number of carbonyl (C=O) groups excluding carboxylic acids is 1. The lowest BCUT2D eigenvalue weighted by Gasteiger charge is -2.29. The van der Waals surface area contributed by atoms with Gasteiger partial charge in [-0.1, -0.05) is 23.8 Å². The maximum absolute atomic E-state index is 12.3. The topological polar surface area (TPSA) is 45.5 Å². The number of rotatable bonds is 2. The van der Waals surface area contributed by atoms with Crippen LogP contribution in [0.1, 0.15) is 22.5 Å². The van der Waals surface area contributed by atoms with Crippen LogP contribution in [0.3, 0.4) is 0 Å². The Balaban J connectivity index is 1.61. The van der Waals surface area contributed by atoms with Crippen molar-refractivity contribution in [2.75, 3.05) is 5.32 Å². The lowest BCUT2D eigenvalue weighted by Crippen LogP contribution is -2.38. The van der Waals surface area contributed by atoms with E-state index in [1.165, 1.54) is 5.56 Å². The summed E-state index contributed by atoms with van der Waals surface area (Å²) in [4.78, 5) is 14.1. The molecule has 0 radical (unpaired) electrons. The second-order valence-electron chi connectivity index (χ2n) is 6.18. The van der Waals surface area contributed by atoms with E-state index >= 15 is 0 Å². The molecule has 1 N–H and O–H groups in total. The normalized spacial score (nSPS) is 14.0. The molecule has 0 fully saturated rings. The van der Waals surface area contributed by atoms with Gasteiger partial charge in [0.2, 0.25) is 0 Å². The molecule has 0 unspecified atom stereocenters. The molecule has 1 aromatic heterocycles. The third-order valence-electron chi connectivity index (χ3n) is 4.23.